The molecule has 0 saturated carbocycles. The number of aromatic nitrogens is 3. The SMILES string of the molecule is CNc1nn(Cc2ccc(C(F)(F)F)cc2)c2cncc(Cl)c12. The number of fused-ring (bicyclic) bond motifs is 1. The molecule has 0 unspecified atom stereocenters. The van der Waals surface area contributed by atoms with Crippen molar-refractivity contribution in [1.29, 1.82) is 0 Å². The summed E-state index contributed by atoms with van der Waals surface area (Å²) in [7, 11) is 1.72. The molecule has 8 heteroatoms. The van der Waals surface area contributed by atoms with Crippen LogP contribution in [0.2, 0.25) is 5.02 Å². The Hall–Kier alpha value is -2.28. The molecule has 0 radical (unpaired) electrons. The minimum atomic E-state index is -4.34. The highest BCUT2D eigenvalue weighted by atomic mass is 35.5. The van der Waals surface area contributed by atoms with Crippen LogP contribution in [0.4, 0.5) is 19.0 Å². The molecule has 23 heavy (non-hydrogen) atoms. The van der Waals surface area contributed by atoms with Gasteiger partial charge in [-0.3, -0.25) is 9.67 Å². The predicted molar refractivity (Wildman–Crippen MR) is 82.6 cm³/mol. The van der Waals surface area contributed by atoms with E-state index in [1.165, 1.54) is 18.3 Å². The van der Waals surface area contributed by atoms with Crippen LogP contribution in [-0.2, 0) is 12.7 Å². The van der Waals surface area contributed by atoms with Gasteiger partial charge in [0.15, 0.2) is 5.82 Å². The van der Waals surface area contributed by atoms with Crippen LogP contribution in [-0.4, -0.2) is 21.8 Å². The largest absolute Gasteiger partial charge is 0.416 e. The van der Waals surface area contributed by atoms with Crippen LogP contribution >= 0.6 is 11.6 Å². The van der Waals surface area contributed by atoms with E-state index in [9.17, 15) is 13.2 Å². The van der Waals surface area contributed by atoms with Gasteiger partial charge in [0.2, 0.25) is 0 Å². The molecular weight excluding hydrogens is 329 g/mol. The van der Waals surface area contributed by atoms with E-state index in [0.29, 0.717) is 28.5 Å². The van der Waals surface area contributed by atoms with Crippen LogP contribution in [0.1, 0.15) is 11.1 Å². The van der Waals surface area contributed by atoms with Crippen LogP contribution in [0.3, 0.4) is 0 Å². The van der Waals surface area contributed by atoms with Gasteiger partial charge >= 0.3 is 6.18 Å². The molecular formula is C15H12ClF3N4. The molecule has 0 bridgehead atoms. The third-order valence-corrected chi connectivity index (χ3v) is 3.75. The molecule has 1 N–H and O–H groups in total. The molecule has 3 aromatic rings. The molecule has 0 saturated heterocycles. The maximum absolute atomic E-state index is 12.6. The molecule has 0 spiro atoms. The third-order valence-electron chi connectivity index (χ3n) is 3.47. The molecule has 0 aliphatic heterocycles. The first-order valence-corrected chi connectivity index (χ1v) is 7.12. The van der Waals surface area contributed by atoms with Crippen LogP contribution in [0, 0.1) is 0 Å². The van der Waals surface area contributed by atoms with Crippen molar-refractivity contribution in [1.82, 2.24) is 14.8 Å². The normalized spacial score (nSPS) is 11.9. The molecule has 4 nitrogen and oxygen atoms in total. The maximum atomic E-state index is 12.6. The Balaban J connectivity index is 1.97. The molecule has 0 fully saturated rings. The van der Waals surface area contributed by atoms with Gasteiger partial charge in [0.1, 0.15) is 0 Å². The number of alkyl halides is 3. The maximum Gasteiger partial charge on any atom is 0.416 e. The first-order chi connectivity index (χ1) is 10.9. The van der Waals surface area contributed by atoms with E-state index in [1.807, 2.05) is 0 Å². The Labute approximate surface area is 134 Å². The number of rotatable bonds is 3. The Morgan fingerprint density at radius 2 is 1.87 bits per heavy atom. The number of hydrogen-bond donors (Lipinski definition) is 1. The van der Waals surface area contributed by atoms with E-state index < -0.39 is 11.7 Å². The summed E-state index contributed by atoms with van der Waals surface area (Å²) in [6, 6.07) is 5.00. The second-order valence-corrected chi connectivity index (χ2v) is 5.37. The highest BCUT2D eigenvalue weighted by molar-refractivity contribution is 6.36. The second kappa shape index (κ2) is 5.73. The first-order valence-electron chi connectivity index (χ1n) is 6.74. The lowest BCUT2D eigenvalue weighted by Crippen LogP contribution is -2.06. The fourth-order valence-electron chi connectivity index (χ4n) is 2.35. The number of anilines is 1. The number of halogens is 4. The summed E-state index contributed by atoms with van der Waals surface area (Å²) < 4.78 is 39.5. The zero-order valence-electron chi connectivity index (χ0n) is 12.0. The second-order valence-electron chi connectivity index (χ2n) is 4.97. The number of nitrogens with zero attached hydrogens (tertiary/aromatic N) is 3. The van der Waals surface area contributed by atoms with Crippen molar-refractivity contribution in [2.75, 3.05) is 12.4 Å². The van der Waals surface area contributed by atoms with Crippen molar-refractivity contribution < 1.29 is 13.2 Å². The fraction of sp³-hybridized carbons (Fsp3) is 0.200. The Morgan fingerprint density at radius 3 is 2.48 bits per heavy atom. The third kappa shape index (κ3) is 2.96. The van der Waals surface area contributed by atoms with Gasteiger partial charge < -0.3 is 5.32 Å². The molecule has 3 rings (SSSR count). The van der Waals surface area contributed by atoms with E-state index in [-0.39, 0.29) is 0 Å². The standard InChI is InChI=1S/C15H12ClF3N4/c1-20-14-13-11(16)6-21-7-12(13)23(22-14)8-9-2-4-10(5-3-9)15(17,18)19/h2-7H,8H2,1H3,(H,20,22). The first kappa shape index (κ1) is 15.6. The van der Waals surface area contributed by atoms with E-state index in [4.69, 9.17) is 11.6 Å². The van der Waals surface area contributed by atoms with Gasteiger partial charge in [-0.15, -0.1) is 0 Å². The number of hydrogen-bond acceptors (Lipinski definition) is 3. The molecule has 0 atom stereocenters. The van der Waals surface area contributed by atoms with Crippen LogP contribution < -0.4 is 5.32 Å². The topological polar surface area (TPSA) is 42.7 Å². The lowest BCUT2D eigenvalue weighted by molar-refractivity contribution is -0.137. The quantitative estimate of drug-likeness (QED) is 0.777. The molecule has 0 amide bonds. The minimum absolute atomic E-state index is 0.318. The molecule has 2 aromatic heterocycles. The fourth-order valence-corrected chi connectivity index (χ4v) is 2.59. The zero-order valence-corrected chi connectivity index (χ0v) is 12.8. The van der Waals surface area contributed by atoms with Gasteiger partial charge in [-0.2, -0.15) is 18.3 Å². The molecule has 2 heterocycles. The molecule has 1 aromatic carbocycles. The van der Waals surface area contributed by atoms with Crippen molar-refractivity contribution in [3.05, 3.63) is 52.8 Å². The zero-order chi connectivity index (χ0) is 16.6. The van der Waals surface area contributed by atoms with Crippen LogP contribution in [0.15, 0.2) is 36.7 Å². The minimum Gasteiger partial charge on any atom is -0.371 e. The lowest BCUT2D eigenvalue weighted by Gasteiger charge is -2.08. The predicted octanol–water partition coefficient (Wildman–Crippen LogP) is 4.19. The van der Waals surface area contributed by atoms with E-state index in [2.05, 4.69) is 15.4 Å². The van der Waals surface area contributed by atoms with Gasteiger partial charge in [-0.25, -0.2) is 0 Å². The summed E-state index contributed by atoms with van der Waals surface area (Å²) in [5, 5.41) is 8.54. The Morgan fingerprint density at radius 1 is 1.17 bits per heavy atom. The monoisotopic (exact) mass is 340 g/mol. The molecule has 0 aliphatic rings. The van der Waals surface area contributed by atoms with Gasteiger partial charge in [0, 0.05) is 13.2 Å². The number of pyridine rings is 1. The average Bonchev–Trinajstić information content (AvgIpc) is 2.86. The summed E-state index contributed by atoms with van der Waals surface area (Å²) in [6.45, 7) is 0.318. The molecule has 120 valence electrons. The van der Waals surface area contributed by atoms with Crippen LogP contribution in [0.5, 0.6) is 0 Å². The number of benzene rings is 1. The van der Waals surface area contributed by atoms with Crippen molar-refractivity contribution in [2.45, 2.75) is 12.7 Å². The van der Waals surface area contributed by atoms with Crippen molar-refractivity contribution in [3.63, 3.8) is 0 Å². The Kier molecular flexibility index (Phi) is 3.89. The average molecular weight is 341 g/mol. The van der Waals surface area contributed by atoms with Crippen LogP contribution in [0.25, 0.3) is 10.9 Å². The van der Waals surface area contributed by atoms with Gasteiger partial charge in [-0.05, 0) is 17.7 Å². The van der Waals surface area contributed by atoms with Crippen molar-refractivity contribution >= 4 is 28.3 Å². The summed E-state index contributed by atoms with van der Waals surface area (Å²) in [5.41, 5.74) is 0.735. The van der Waals surface area contributed by atoms with Gasteiger partial charge in [-0.1, -0.05) is 23.7 Å². The summed E-state index contributed by atoms with van der Waals surface area (Å²) in [5.74, 6) is 0.597. The Bertz CT molecular complexity index is 840. The lowest BCUT2D eigenvalue weighted by atomic mass is 10.1. The smallest absolute Gasteiger partial charge is 0.371 e. The van der Waals surface area contributed by atoms with Crippen molar-refractivity contribution in [2.24, 2.45) is 0 Å². The van der Waals surface area contributed by atoms with Gasteiger partial charge in [0.25, 0.3) is 0 Å². The highest BCUT2D eigenvalue weighted by Crippen LogP contribution is 2.31. The summed E-state index contributed by atoms with van der Waals surface area (Å²) in [6.07, 6.45) is -1.19. The number of nitrogens with one attached hydrogen (secondary N) is 1. The molecule has 0 aliphatic carbocycles. The van der Waals surface area contributed by atoms with Gasteiger partial charge in [0.05, 0.1) is 34.2 Å². The summed E-state index contributed by atoms with van der Waals surface area (Å²) >= 11 is 6.15. The van der Waals surface area contributed by atoms with E-state index in [0.717, 1.165) is 17.5 Å². The highest BCUT2D eigenvalue weighted by Gasteiger charge is 2.29. The van der Waals surface area contributed by atoms with Crippen molar-refractivity contribution in [3.8, 4) is 0 Å². The summed E-state index contributed by atoms with van der Waals surface area (Å²) in [4.78, 5) is 4.04. The van der Waals surface area contributed by atoms with E-state index >= 15 is 0 Å². The van der Waals surface area contributed by atoms with E-state index in [1.54, 1.807) is 17.9 Å².